The molecule has 0 unspecified atom stereocenters. The lowest BCUT2D eigenvalue weighted by molar-refractivity contribution is 0.0954. The summed E-state index contributed by atoms with van der Waals surface area (Å²) in [7, 11) is 1.86. The summed E-state index contributed by atoms with van der Waals surface area (Å²) in [6.45, 7) is 0.518. The Hall–Kier alpha value is -2.37. The topological polar surface area (TPSA) is 85.8 Å². The second-order valence-electron chi connectivity index (χ2n) is 3.92. The lowest BCUT2D eigenvalue weighted by Crippen LogP contribution is -2.26. The van der Waals surface area contributed by atoms with E-state index in [4.69, 9.17) is 5.73 Å². The Morgan fingerprint density at radius 3 is 3.00 bits per heavy atom. The van der Waals surface area contributed by atoms with Gasteiger partial charge in [-0.1, -0.05) is 0 Å². The third-order valence-corrected chi connectivity index (χ3v) is 2.52. The molecular weight excluding hydrogens is 230 g/mol. The van der Waals surface area contributed by atoms with Crippen molar-refractivity contribution in [3.05, 3.63) is 41.9 Å². The van der Waals surface area contributed by atoms with Crippen molar-refractivity contribution in [2.45, 2.75) is 6.42 Å². The van der Waals surface area contributed by atoms with Crippen molar-refractivity contribution in [3.63, 3.8) is 0 Å². The number of carbonyl (C=O) groups is 1. The average Bonchev–Trinajstić information content (AvgIpc) is 2.75. The van der Waals surface area contributed by atoms with E-state index in [-0.39, 0.29) is 11.7 Å². The van der Waals surface area contributed by atoms with Gasteiger partial charge in [-0.3, -0.25) is 9.48 Å². The number of nitrogens with zero attached hydrogens (tertiary/aromatic N) is 3. The van der Waals surface area contributed by atoms with Crippen LogP contribution in [-0.2, 0) is 13.5 Å². The highest BCUT2D eigenvalue weighted by Gasteiger charge is 2.09. The van der Waals surface area contributed by atoms with Crippen molar-refractivity contribution in [3.8, 4) is 0 Å². The molecule has 0 aliphatic heterocycles. The number of nitrogens with one attached hydrogen (secondary N) is 1. The monoisotopic (exact) mass is 245 g/mol. The third-order valence-electron chi connectivity index (χ3n) is 2.52. The Kier molecular flexibility index (Phi) is 3.57. The smallest absolute Gasteiger partial charge is 0.255 e. The first-order chi connectivity index (χ1) is 8.66. The van der Waals surface area contributed by atoms with Crippen molar-refractivity contribution in [2.24, 2.45) is 7.05 Å². The van der Waals surface area contributed by atoms with Gasteiger partial charge in [0.1, 0.15) is 5.82 Å². The minimum atomic E-state index is -0.212. The van der Waals surface area contributed by atoms with E-state index in [0.717, 1.165) is 5.69 Å². The molecule has 0 fully saturated rings. The first-order valence-electron chi connectivity index (χ1n) is 5.64. The first-order valence-corrected chi connectivity index (χ1v) is 5.64. The summed E-state index contributed by atoms with van der Waals surface area (Å²) >= 11 is 0. The minimum absolute atomic E-state index is 0.212. The summed E-state index contributed by atoms with van der Waals surface area (Å²) < 4.78 is 1.73. The molecule has 2 heterocycles. The fourth-order valence-corrected chi connectivity index (χ4v) is 1.61. The van der Waals surface area contributed by atoms with Crippen LogP contribution in [0.25, 0.3) is 0 Å². The summed E-state index contributed by atoms with van der Waals surface area (Å²) in [6.07, 6.45) is 4.11. The van der Waals surface area contributed by atoms with E-state index in [9.17, 15) is 4.79 Å². The van der Waals surface area contributed by atoms with E-state index in [2.05, 4.69) is 15.4 Å². The van der Waals surface area contributed by atoms with Gasteiger partial charge in [-0.15, -0.1) is 0 Å². The molecule has 6 nitrogen and oxygen atoms in total. The third kappa shape index (κ3) is 2.85. The molecule has 2 aromatic rings. The fourth-order valence-electron chi connectivity index (χ4n) is 1.61. The molecule has 0 saturated carbocycles. The van der Waals surface area contributed by atoms with Gasteiger partial charge in [0.05, 0.1) is 11.3 Å². The fraction of sp³-hybridized carbons (Fsp3) is 0.250. The summed E-state index contributed by atoms with van der Waals surface area (Å²) in [5.41, 5.74) is 6.96. The number of rotatable bonds is 4. The zero-order valence-electron chi connectivity index (χ0n) is 10.1. The molecule has 2 aromatic heterocycles. The van der Waals surface area contributed by atoms with Crippen LogP contribution in [0.3, 0.4) is 0 Å². The first kappa shape index (κ1) is 12.1. The molecule has 0 bridgehead atoms. The van der Waals surface area contributed by atoms with Gasteiger partial charge in [0.25, 0.3) is 5.91 Å². The Morgan fingerprint density at radius 2 is 2.33 bits per heavy atom. The van der Waals surface area contributed by atoms with Gasteiger partial charge in [-0.05, 0) is 18.2 Å². The van der Waals surface area contributed by atoms with E-state index in [0.29, 0.717) is 18.5 Å². The summed E-state index contributed by atoms with van der Waals surface area (Å²) in [4.78, 5) is 15.7. The number of aromatic nitrogens is 3. The maximum absolute atomic E-state index is 11.8. The zero-order chi connectivity index (χ0) is 13.0. The zero-order valence-corrected chi connectivity index (χ0v) is 10.1. The van der Waals surface area contributed by atoms with E-state index in [1.807, 2.05) is 19.3 Å². The van der Waals surface area contributed by atoms with Gasteiger partial charge in [-0.25, -0.2) is 4.98 Å². The van der Waals surface area contributed by atoms with Crippen LogP contribution in [0.2, 0.25) is 0 Å². The number of carbonyl (C=O) groups excluding carboxylic acids is 1. The highest BCUT2D eigenvalue weighted by molar-refractivity contribution is 5.98. The maximum atomic E-state index is 11.8. The normalized spacial score (nSPS) is 10.3. The van der Waals surface area contributed by atoms with Crippen molar-refractivity contribution in [2.75, 3.05) is 12.3 Å². The number of anilines is 1. The molecule has 0 radical (unpaired) electrons. The lowest BCUT2D eigenvalue weighted by atomic mass is 10.2. The highest BCUT2D eigenvalue weighted by Crippen LogP contribution is 2.06. The molecule has 6 heteroatoms. The Morgan fingerprint density at radius 1 is 1.50 bits per heavy atom. The lowest BCUT2D eigenvalue weighted by Gasteiger charge is -2.05. The van der Waals surface area contributed by atoms with Crippen LogP contribution >= 0.6 is 0 Å². The molecule has 18 heavy (non-hydrogen) atoms. The molecule has 2 rings (SSSR count). The number of nitrogen functional groups attached to an aromatic ring is 1. The molecular formula is C12H15N5O. The number of aryl methyl sites for hydroxylation is 1. The number of nitrogens with two attached hydrogens (primary N) is 1. The summed E-state index contributed by atoms with van der Waals surface area (Å²) in [5.74, 6) is 0.0318. The maximum Gasteiger partial charge on any atom is 0.255 e. The van der Waals surface area contributed by atoms with Crippen LogP contribution in [0.1, 0.15) is 16.1 Å². The molecule has 0 atom stereocenters. The van der Waals surface area contributed by atoms with Crippen molar-refractivity contribution in [1.82, 2.24) is 20.1 Å². The molecule has 0 aliphatic rings. The minimum Gasteiger partial charge on any atom is -0.383 e. The van der Waals surface area contributed by atoms with E-state index < -0.39 is 0 Å². The largest absolute Gasteiger partial charge is 0.383 e. The molecule has 0 aliphatic carbocycles. The number of hydrogen-bond donors (Lipinski definition) is 2. The molecule has 0 saturated heterocycles. The number of amides is 1. The van der Waals surface area contributed by atoms with E-state index in [1.54, 1.807) is 23.0 Å². The van der Waals surface area contributed by atoms with E-state index in [1.165, 1.54) is 0 Å². The molecule has 0 aromatic carbocycles. The van der Waals surface area contributed by atoms with Crippen LogP contribution in [0.15, 0.2) is 30.6 Å². The average molecular weight is 245 g/mol. The summed E-state index contributed by atoms with van der Waals surface area (Å²) in [5, 5.41) is 7.02. The molecule has 1 amide bonds. The quantitative estimate of drug-likeness (QED) is 0.814. The molecule has 3 N–H and O–H groups in total. The van der Waals surface area contributed by atoms with Gasteiger partial charge in [0, 0.05) is 32.4 Å². The molecule has 94 valence electrons. The number of hydrogen-bond acceptors (Lipinski definition) is 4. The standard InChI is InChI=1S/C12H15N5O/c1-17-8-5-9(16-17)4-7-15-12(18)10-3-2-6-14-11(10)13/h2-3,5-6,8H,4,7H2,1H3,(H2,13,14)(H,15,18). The van der Waals surface area contributed by atoms with Gasteiger partial charge in [0.15, 0.2) is 0 Å². The van der Waals surface area contributed by atoms with Crippen molar-refractivity contribution < 1.29 is 4.79 Å². The van der Waals surface area contributed by atoms with Gasteiger partial charge in [-0.2, -0.15) is 5.10 Å². The predicted molar refractivity (Wildman–Crippen MR) is 67.9 cm³/mol. The highest BCUT2D eigenvalue weighted by atomic mass is 16.1. The second kappa shape index (κ2) is 5.31. The second-order valence-corrected chi connectivity index (χ2v) is 3.92. The number of pyridine rings is 1. The molecule has 0 spiro atoms. The summed E-state index contributed by atoms with van der Waals surface area (Å²) in [6, 6.07) is 5.26. The van der Waals surface area contributed by atoms with Crippen molar-refractivity contribution in [1.29, 1.82) is 0 Å². The Balaban J connectivity index is 1.87. The SMILES string of the molecule is Cn1ccc(CCNC(=O)c2cccnc2N)n1. The van der Waals surface area contributed by atoms with Crippen molar-refractivity contribution >= 4 is 11.7 Å². The Bertz CT molecular complexity index is 549. The van der Waals surface area contributed by atoms with E-state index >= 15 is 0 Å². The van der Waals surface area contributed by atoms with Crippen LogP contribution in [0, 0.1) is 0 Å². The van der Waals surface area contributed by atoms with Gasteiger partial charge >= 0.3 is 0 Å². The van der Waals surface area contributed by atoms with Crippen LogP contribution < -0.4 is 11.1 Å². The van der Waals surface area contributed by atoms with Gasteiger partial charge in [0.2, 0.25) is 0 Å². The van der Waals surface area contributed by atoms with Crippen LogP contribution in [-0.4, -0.2) is 27.2 Å². The van der Waals surface area contributed by atoms with Crippen LogP contribution in [0.4, 0.5) is 5.82 Å². The van der Waals surface area contributed by atoms with Gasteiger partial charge < -0.3 is 11.1 Å². The Labute approximate surface area is 105 Å². The predicted octanol–water partition coefficient (Wildman–Crippen LogP) is 0.370. The van der Waals surface area contributed by atoms with Crippen LogP contribution in [0.5, 0.6) is 0 Å².